The van der Waals surface area contributed by atoms with Crippen LogP contribution in [0, 0.1) is 0 Å². The number of pyridine rings is 1. The number of nitrogens with zero attached hydrogens (tertiary/aromatic N) is 1. The van der Waals surface area contributed by atoms with E-state index in [1.807, 2.05) is 0 Å². The van der Waals surface area contributed by atoms with Gasteiger partial charge in [0.25, 0.3) is 0 Å². The minimum Gasteiger partial charge on any atom is -0.321 e. The van der Waals surface area contributed by atoms with Gasteiger partial charge in [0.15, 0.2) is 0 Å². The molecule has 0 unspecified atom stereocenters. The zero-order valence-corrected chi connectivity index (χ0v) is 15.1. The van der Waals surface area contributed by atoms with E-state index < -0.39 is 15.9 Å². The van der Waals surface area contributed by atoms with E-state index in [4.69, 9.17) is 5.14 Å². The summed E-state index contributed by atoms with van der Waals surface area (Å²) in [5.41, 5.74) is 3.60. The standard InChI is InChI=1S/C14H13N3O3S.C6H4/c15-21(19,20)13-7-2-1-6-12(13)17-14(18)9-8-11-5-3-4-10-16-11;1-2-6-4-3-5(1)6/h1-10H,(H,17,18)(H2,15,19,20);1-4H. The first-order valence-electron chi connectivity index (χ1n) is 8.06. The third kappa shape index (κ3) is 4.87. The first-order valence-corrected chi connectivity index (χ1v) is 9.60. The zero-order valence-electron chi connectivity index (χ0n) is 14.2. The maximum atomic E-state index is 11.8. The summed E-state index contributed by atoms with van der Waals surface area (Å²) in [6, 6.07) is 19.7. The maximum absolute atomic E-state index is 11.8. The second-order valence-corrected chi connectivity index (χ2v) is 7.23. The summed E-state index contributed by atoms with van der Waals surface area (Å²) >= 11 is 0. The van der Waals surface area contributed by atoms with Crippen LogP contribution in [0.3, 0.4) is 0 Å². The van der Waals surface area contributed by atoms with Crippen molar-refractivity contribution >= 4 is 27.7 Å². The molecule has 0 spiro atoms. The largest absolute Gasteiger partial charge is 0.321 e. The highest BCUT2D eigenvalue weighted by Gasteiger charge is 2.14. The number of benzene rings is 2. The van der Waals surface area contributed by atoms with Crippen molar-refractivity contribution < 1.29 is 13.2 Å². The first-order chi connectivity index (χ1) is 12.9. The Hall–Kier alpha value is -3.29. The summed E-state index contributed by atoms with van der Waals surface area (Å²) in [4.78, 5) is 15.7. The first kappa shape index (κ1) is 18.5. The Labute approximate surface area is 157 Å². The number of sulfonamides is 1. The maximum Gasteiger partial charge on any atom is 0.248 e. The number of hydrogen-bond acceptors (Lipinski definition) is 4. The Morgan fingerprint density at radius 1 is 0.926 bits per heavy atom. The van der Waals surface area contributed by atoms with E-state index in [0.29, 0.717) is 5.69 Å². The summed E-state index contributed by atoms with van der Waals surface area (Å²) in [6.45, 7) is 0. The molecule has 136 valence electrons. The number of primary sulfonamides is 1. The van der Waals surface area contributed by atoms with Crippen LogP contribution < -0.4 is 10.5 Å². The molecular formula is C20H17N3O3S. The van der Waals surface area contributed by atoms with Crippen LogP contribution in [0.1, 0.15) is 5.69 Å². The number of carbonyl (C=O) groups is 1. The molecule has 1 heterocycles. The summed E-state index contributed by atoms with van der Waals surface area (Å²) in [5, 5.41) is 7.57. The van der Waals surface area contributed by atoms with Crippen LogP contribution in [0.25, 0.3) is 17.2 Å². The number of anilines is 1. The second kappa shape index (κ2) is 7.94. The molecule has 2 aliphatic carbocycles. The fourth-order valence-corrected chi connectivity index (χ4v) is 2.98. The zero-order chi connectivity index (χ0) is 19.3. The summed E-state index contributed by atoms with van der Waals surface area (Å²) in [6.07, 6.45) is 4.39. The topological polar surface area (TPSA) is 102 Å². The van der Waals surface area contributed by atoms with E-state index in [9.17, 15) is 13.2 Å². The SMILES string of the molecule is NS(=O)(=O)c1ccccc1NC(=O)C=Cc1ccccn1.c1cc2ccc1-2. The van der Waals surface area contributed by atoms with Crippen LogP contribution in [0.5, 0.6) is 0 Å². The molecule has 0 radical (unpaired) electrons. The van der Waals surface area contributed by atoms with Gasteiger partial charge in [0, 0.05) is 12.3 Å². The fraction of sp³-hybridized carbons (Fsp3) is 0. The molecule has 0 saturated heterocycles. The number of para-hydroxylation sites is 1. The van der Waals surface area contributed by atoms with E-state index in [1.165, 1.54) is 41.5 Å². The normalized spacial score (nSPS) is 11.4. The van der Waals surface area contributed by atoms with Crippen LogP contribution >= 0.6 is 0 Å². The molecule has 0 fully saturated rings. The van der Waals surface area contributed by atoms with Crippen molar-refractivity contribution in [3.8, 4) is 11.1 Å². The van der Waals surface area contributed by atoms with Gasteiger partial charge in [-0.2, -0.15) is 0 Å². The van der Waals surface area contributed by atoms with E-state index in [-0.39, 0.29) is 10.6 Å². The lowest BCUT2D eigenvalue weighted by molar-refractivity contribution is -0.111. The van der Waals surface area contributed by atoms with Crippen LogP contribution in [0.4, 0.5) is 5.69 Å². The molecular weight excluding hydrogens is 362 g/mol. The molecule has 4 rings (SSSR count). The van der Waals surface area contributed by atoms with Crippen molar-refractivity contribution in [2.24, 2.45) is 5.14 Å². The van der Waals surface area contributed by atoms with Gasteiger partial charge in [-0.1, -0.05) is 42.5 Å². The smallest absolute Gasteiger partial charge is 0.248 e. The Kier molecular flexibility index (Phi) is 5.44. The van der Waals surface area contributed by atoms with Crippen molar-refractivity contribution in [3.05, 3.63) is 84.7 Å². The van der Waals surface area contributed by atoms with Crippen molar-refractivity contribution in [1.82, 2.24) is 4.98 Å². The predicted molar refractivity (Wildman–Crippen MR) is 105 cm³/mol. The predicted octanol–water partition coefficient (Wildman–Crippen LogP) is 3.05. The van der Waals surface area contributed by atoms with E-state index >= 15 is 0 Å². The third-order valence-electron chi connectivity index (χ3n) is 3.76. The Morgan fingerprint density at radius 2 is 1.56 bits per heavy atom. The van der Waals surface area contributed by atoms with Gasteiger partial charge >= 0.3 is 0 Å². The number of hydrogen-bond donors (Lipinski definition) is 2. The molecule has 2 aromatic rings. The molecule has 1 amide bonds. The molecule has 6 nitrogen and oxygen atoms in total. The minimum atomic E-state index is -3.90. The minimum absolute atomic E-state index is 0.135. The van der Waals surface area contributed by atoms with Gasteiger partial charge in [-0.3, -0.25) is 9.78 Å². The van der Waals surface area contributed by atoms with Crippen LogP contribution in [0.2, 0.25) is 0 Å². The summed E-state index contributed by atoms with van der Waals surface area (Å²) in [7, 11) is -3.90. The summed E-state index contributed by atoms with van der Waals surface area (Å²) < 4.78 is 22.8. The van der Waals surface area contributed by atoms with E-state index in [2.05, 4.69) is 34.6 Å². The van der Waals surface area contributed by atoms with Gasteiger partial charge in [-0.25, -0.2) is 13.6 Å². The lowest BCUT2D eigenvalue weighted by Gasteiger charge is -2.10. The van der Waals surface area contributed by atoms with E-state index in [0.717, 1.165) is 0 Å². The van der Waals surface area contributed by atoms with Crippen molar-refractivity contribution in [2.45, 2.75) is 4.90 Å². The number of nitrogens with two attached hydrogens (primary N) is 1. The highest BCUT2D eigenvalue weighted by molar-refractivity contribution is 7.89. The van der Waals surface area contributed by atoms with Gasteiger partial charge < -0.3 is 5.32 Å². The molecule has 7 heteroatoms. The van der Waals surface area contributed by atoms with Crippen LogP contribution in [-0.2, 0) is 14.8 Å². The number of fused-ring (bicyclic) bond motifs is 1. The van der Waals surface area contributed by atoms with Gasteiger partial charge in [-0.05, 0) is 41.5 Å². The van der Waals surface area contributed by atoms with Crippen molar-refractivity contribution in [2.75, 3.05) is 5.32 Å². The molecule has 27 heavy (non-hydrogen) atoms. The van der Waals surface area contributed by atoms with E-state index in [1.54, 1.807) is 30.5 Å². The average molecular weight is 379 g/mol. The van der Waals surface area contributed by atoms with Crippen molar-refractivity contribution in [1.29, 1.82) is 0 Å². The monoisotopic (exact) mass is 379 g/mol. The number of rotatable bonds is 4. The molecule has 1 aromatic carbocycles. The second-order valence-electron chi connectivity index (χ2n) is 5.70. The molecule has 0 bridgehead atoms. The number of carbonyl (C=O) groups excluding carboxylic acids is 1. The molecule has 0 aliphatic heterocycles. The van der Waals surface area contributed by atoms with Crippen LogP contribution in [-0.4, -0.2) is 19.3 Å². The third-order valence-corrected chi connectivity index (χ3v) is 4.73. The lowest BCUT2D eigenvalue weighted by Crippen LogP contribution is -2.17. The highest BCUT2D eigenvalue weighted by Crippen LogP contribution is 2.29. The number of amides is 1. The quantitative estimate of drug-likeness (QED) is 0.532. The average Bonchev–Trinajstić information content (AvgIpc) is 2.64. The molecule has 2 aliphatic rings. The van der Waals surface area contributed by atoms with Gasteiger partial charge in [0.1, 0.15) is 4.90 Å². The van der Waals surface area contributed by atoms with Gasteiger partial charge in [0.05, 0.1) is 11.4 Å². The Morgan fingerprint density at radius 3 is 2.07 bits per heavy atom. The lowest BCUT2D eigenvalue weighted by atomic mass is 9.95. The van der Waals surface area contributed by atoms with Crippen molar-refractivity contribution in [3.63, 3.8) is 0 Å². The molecule has 1 aromatic heterocycles. The number of nitrogens with one attached hydrogen (secondary N) is 1. The highest BCUT2D eigenvalue weighted by atomic mass is 32.2. The van der Waals surface area contributed by atoms with Gasteiger partial charge in [0.2, 0.25) is 15.9 Å². The van der Waals surface area contributed by atoms with Gasteiger partial charge in [-0.15, -0.1) is 0 Å². The molecule has 0 atom stereocenters. The summed E-state index contributed by atoms with van der Waals surface area (Å²) in [5.74, 6) is -0.475. The molecule has 3 N–H and O–H groups in total. The Balaban J connectivity index is 0.000000290. The molecule has 0 saturated carbocycles. The van der Waals surface area contributed by atoms with Crippen LogP contribution in [0.15, 0.2) is 83.9 Å². The number of aromatic nitrogens is 1. The Bertz CT molecular complexity index is 1060. The fourth-order valence-electron chi connectivity index (χ4n) is 2.29.